The summed E-state index contributed by atoms with van der Waals surface area (Å²) < 4.78 is 13.3. The summed E-state index contributed by atoms with van der Waals surface area (Å²) in [5.41, 5.74) is 1.69. The van der Waals surface area contributed by atoms with Gasteiger partial charge >= 0.3 is 0 Å². The highest BCUT2D eigenvalue weighted by Gasteiger charge is 2.29. The second-order valence-corrected chi connectivity index (χ2v) is 7.05. The number of nitrogens with one attached hydrogen (secondary N) is 1. The van der Waals surface area contributed by atoms with Crippen LogP contribution in [0.15, 0.2) is 54.6 Å². The van der Waals surface area contributed by atoms with E-state index in [1.807, 2.05) is 51.1 Å². The summed E-state index contributed by atoms with van der Waals surface area (Å²) in [4.78, 5) is 27.5. The molecule has 0 fully saturated rings. The molecule has 150 valence electrons. The number of nitrogens with zero attached hydrogens (tertiary/aromatic N) is 1. The van der Waals surface area contributed by atoms with Crippen LogP contribution in [-0.2, 0) is 22.6 Å². The lowest BCUT2D eigenvalue weighted by Crippen LogP contribution is -2.51. The fourth-order valence-electron chi connectivity index (χ4n) is 3.02. The molecule has 0 bridgehead atoms. The van der Waals surface area contributed by atoms with Gasteiger partial charge in [-0.15, -0.1) is 0 Å². The first-order chi connectivity index (χ1) is 13.4. The van der Waals surface area contributed by atoms with Crippen LogP contribution in [-0.4, -0.2) is 28.8 Å². The van der Waals surface area contributed by atoms with E-state index in [0.717, 1.165) is 17.5 Å². The molecule has 2 atom stereocenters. The molecule has 0 heterocycles. The third-order valence-electron chi connectivity index (χ3n) is 4.85. The molecule has 2 aromatic rings. The molecule has 5 heteroatoms. The molecule has 0 aliphatic heterocycles. The number of hydrogen-bond acceptors (Lipinski definition) is 2. The van der Waals surface area contributed by atoms with Crippen molar-refractivity contribution in [1.82, 2.24) is 10.2 Å². The van der Waals surface area contributed by atoms with Crippen molar-refractivity contribution in [3.8, 4) is 0 Å². The summed E-state index contributed by atoms with van der Waals surface area (Å²) in [5, 5.41) is 2.98. The molecule has 1 N–H and O–H groups in total. The van der Waals surface area contributed by atoms with Gasteiger partial charge < -0.3 is 10.2 Å². The van der Waals surface area contributed by atoms with Crippen molar-refractivity contribution in [2.24, 2.45) is 0 Å². The minimum atomic E-state index is -0.574. The highest BCUT2D eigenvalue weighted by molar-refractivity contribution is 5.88. The zero-order chi connectivity index (χ0) is 20.5. The lowest BCUT2D eigenvalue weighted by Gasteiger charge is -2.31. The highest BCUT2D eigenvalue weighted by atomic mass is 19.1. The quantitative estimate of drug-likeness (QED) is 0.708. The van der Waals surface area contributed by atoms with Crippen LogP contribution in [0.1, 0.15) is 44.7 Å². The molecular weight excluding hydrogens is 355 g/mol. The standard InChI is InChI=1S/C23H29FN2O2/c1-4-17(3)25-23(28)21(5-2)26(16-19-11-13-20(24)14-12-19)22(27)15-18-9-7-6-8-10-18/h6-14,17,21H,4-5,15-16H2,1-3H3,(H,25,28)/t17-,21-/m0/s1. The number of carbonyl (C=O) groups is 2. The molecule has 2 rings (SSSR count). The largest absolute Gasteiger partial charge is 0.352 e. The monoisotopic (exact) mass is 384 g/mol. The van der Waals surface area contributed by atoms with Crippen LogP contribution < -0.4 is 5.32 Å². The van der Waals surface area contributed by atoms with E-state index in [0.29, 0.717) is 6.42 Å². The van der Waals surface area contributed by atoms with Crippen LogP contribution in [0, 0.1) is 5.82 Å². The van der Waals surface area contributed by atoms with Gasteiger partial charge in [-0.1, -0.05) is 56.3 Å². The molecule has 0 radical (unpaired) electrons. The van der Waals surface area contributed by atoms with Crippen molar-refractivity contribution in [2.75, 3.05) is 0 Å². The van der Waals surface area contributed by atoms with Crippen LogP contribution >= 0.6 is 0 Å². The molecule has 0 aromatic heterocycles. The molecule has 2 amide bonds. The van der Waals surface area contributed by atoms with E-state index in [2.05, 4.69) is 5.32 Å². The number of amides is 2. The minimum Gasteiger partial charge on any atom is -0.352 e. The first-order valence-electron chi connectivity index (χ1n) is 9.82. The van der Waals surface area contributed by atoms with Gasteiger partial charge in [0.1, 0.15) is 11.9 Å². The predicted octanol–water partition coefficient (Wildman–Crippen LogP) is 4.09. The Balaban J connectivity index is 2.25. The molecule has 2 aromatic carbocycles. The van der Waals surface area contributed by atoms with E-state index in [4.69, 9.17) is 0 Å². The molecule has 4 nitrogen and oxygen atoms in total. The summed E-state index contributed by atoms with van der Waals surface area (Å²) in [6.45, 7) is 6.11. The van der Waals surface area contributed by atoms with Gasteiger partial charge in [-0.2, -0.15) is 0 Å². The Morgan fingerprint density at radius 3 is 2.18 bits per heavy atom. The van der Waals surface area contributed by atoms with Gasteiger partial charge in [-0.05, 0) is 43.0 Å². The topological polar surface area (TPSA) is 49.4 Å². The average Bonchev–Trinajstić information content (AvgIpc) is 2.69. The maximum atomic E-state index is 13.3. The Morgan fingerprint density at radius 2 is 1.61 bits per heavy atom. The van der Waals surface area contributed by atoms with E-state index in [1.165, 1.54) is 12.1 Å². The molecular formula is C23H29FN2O2. The van der Waals surface area contributed by atoms with E-state index in [9.17, 15) is 14.0 Å². The van der Waals surface area contributed by atoms with E-state index >= 15 is 0 Å². The Labute approximate surface area is 166 Å². The van der Waals surface area contributed by atoms with Gasteiger partial charge in [-0.25, -0.2) is 4.39 Å². The summed E-state index contributed by atoms with van der Waals surface area (Å²) >= 11 is 0. The number of halogens is 1. The molecule has 0 aliphatic carbocycles. The number of hydrogen-bond donors (Lipinski definition) is 1. The molecule has 0 aliphatic rings. The second kappa shape index (κ2) is 10.6. The lowest BCUT2D eigenvalue weighted by molar-refractivity contribution is -0.141. The van der Waals surface area contributed by atoms with Crippen LogP contribution in [0.5, 0.6) is 0 Å². The summed E-state index contributed by atoms with van der Waals surface area (Å²) in [6.07, 6.45) is 1.54. The van der Waals surface area contributed by atoms with E-state index < -0.39 is 6.04 Å². The molecule has 0 saturated heterocycles. The van der Waals surface area contributed by atoms with Crippen LogP contribution in [0.3, 0.4) is 0 Å². The van der Waals surface area contributed by atoms with Gasteiger partial charge in [0.15, 0.2) is 0 Å². The van der Waals surface area contributed by atoms with Crippen molar-refractivity contribution in [3.63, 3.8) is 0 Å². The summed E-state index contributed by atoms with van der Waals surface area (Å²) in [6, 6.07) is 15.0. The van der Waals surface area contributed by atoms with Gasteiger partial charge in [0, 0.05) is 12.6 Å². The second-order valence-electron chi connectivity index (χ2n) is 7.05. The smallest absolute Gasteiger partial charge is 0.243 e. The number of benzene rings is 2. The third-order valence-corrected chi connectivity index (χ3v) is 4.85. The first-order valence-corrected chi connectivity index (χ1v) is 9.82. The third kappa shape index (κ3) is 6.19. The molecule has 0 spiro atoms. The average molecular weight is 384 g/mol. The van der Waals surface area contributed by atoms with Gasteiger partial charge in [0.2, 0.25) is 11.8 Å². The highest BCUT2D eigenvalue weighted by Crippen LogP contribution is 2.15. The van der Waals surface area contributed by atoms with Gasteiger partial charge in [-0.3, -0.25) is 9.59 Å². The van der Waals surface area contributed by atoms with Crippen molar-refractivity contribution in [2.45, 2.75) is 58.7 Å². The fourth-order valence-corrected chi connectivity index (χ4v) is 3.02. The Bertz CT molecular complexity index is 762. The Morgan fingerprint density at radius 1 is 0.964 bits per heavy atom. The van der Waals surface area contributed by atoms with Crippen molar-refractivity contribution in [3.05, 3.63) is 71.5 Å². The van der Waals surface area contributed by atoms with Crippen molar-refractivity contribution in [1.29, 1.82) is 0 Å². The maximum absolute atomic E-state index is 13.3. The molecule has 0 unspecified atom stereocenters. The zero-order valence-corrected chi connectivity index (χ0v) is 16.8. The van der Waals surface area contributed by atoms with Gasteiger partial charge in [0.25, 0.3) is 0 Å². The number of carbonyl (C=O) groups excluding carboxylic acids is 2. The van der Waals surface area contributed by atoms with E-state index in [1.54, 1.807) is 17.0 Å². The SMILES string of the molecule is CC[C@H](C)NC(=O)[C@H](CC)N(Cc1ccc(F)cc1)C(=O)Cc1ccccc1. The van der Waals surface area contributed by atoms with Crippen LogP contribution in [0.2, 0.25) is 0 Å². The summed E-state index contributed by atoms with van der Waals surface area (Å²) in [5.74, 6) is -0.602. The Kier molecular flexibility index (Phi) is 8.18. The molecule has 28 heavy (non-hydrogen) atoms. The normalized spacial score (nSPS) is 12.9. The van der Waals surface area contributed by atoms with E-state index in [-0.39, 0.29) is 36.6 Å². The Hall–Kier alpha value is -2.69. The predicted molar refractivity (Wildman–Crippen MR) is 109 cm³/mol. The summed E-state index contributed by atoms with van der Waals surface area (Å²) in [7, 11) is 0. The van der Waals surface area contributed by atoms with Crippen LogP contribution in [0.25, 0.3) is 0 Å². The van der Waals surface area contributed by atoms with Gasteiger partial charge in [0.05, 0.1) is 6.42 Å². The van der Waals surface area contributed by atoms with Crippen LogP contribution in [0.4, 0.5) is 4.39 Å². The first kappa shape index (κ1) is 21.6. The van der Waals surface area contributed by atoms with Crippen molar-refractivity contribution < 1.29 is 14.0 Å². The number of rotatable bonds is 9. The molecule has 0 saturated carbocycles. The van der Waals surface area contributed by atoms with Crippen molar-refractivity contribution >= 4 is 11.8 Å². The lowest BCUT2D eigenvalue weighted by atomic mass is 10.1. The fraction of sp³-hybridized carbons (Fsp3) is 0.391. The minimum absolute atomic E-state index is 0.0402. The zero-order valence-electron chi connectivity index (χ0n) is 16.8. The maximum Gasteiger partial charge on any atom is 0.243 e.